The summed E-state index contributed by atoms with van der Waals surface area (Å²) >= 11 is 0. The Labute approximate surface area is 176 Å². The van der Waals surface area contributed by atoms with Crippen LogP contribution in [0, 0.1) is 6.92 Å². The van der Waals surface area contributed by atoms with Crippen molar-refractivity contribution in [2.45, 2.75) is 12.8 Å². The second kappa shape index (κ2) is 8.41. The van der Waals surface area contributed by atoms with Gasteiger partial charge in [0.1, 0.15) is 0 Å². The van der Waals surface area contributed by atoms with Crippen LogP contribution >= 0.6 is 0 Å². The van der Waals surface area contributed by atoms with Crippen molar-refractivity contribution in [3.8, 4) is 0 Å². The van der Waals surface area contributed by atoms with Gasteiger partial charge in [0.15, 0.2) is 0 Å². The fourth-order valence-corrected chi connectivity index (χ4v) is 3.69. The van der Waals surface area contributed by atoms with Crippen LogP contribution < -0.4 is 10.2 Å². The highest BCUT2D eigenvalue weighted by Crippen LogP contribution is 2.31. The molecule has 2 heterocycles. The summed E-state index contributed by atoms with van der Waals surface area (Å²) in [6, 6.07) is 20.4. The number of rotatable bonds is 6. The highest BCUT2D eigenvalue weighted by Gasteiger charge is 2.20. The quantitative estimate of drug-likeness (QED) is 0.503. The molecule has 0 saturated heterocycles. The first-order valence-corrected chi connectivity index (χ1v) is 10.1. The summed E-state index contributed by atoms with van der Waals surface area (Å²) in [5, 5.41) is 4.28. The maximum absolute atomic E-state index is 12.7. The molecule has 2 aromatic heterocycles. The number of H-pyrrole nitrogens is 1. The lowest BCUT2D eigenvalue weighted by molar-refractivity contribution is 0.0952. The third kappa shape index (κ3) is 4.06. The van der Waals surface area contributed by atoms with Gasteiger partial charge in [-0.3, -0.25) is 9.78 Å². The fraction of sp³-hybridized carbons (Fsp3) is 0.200. The topological polar surface area (TPSA) is 61.0 Å². The molecule has 4 aromatic rings. The van der Waals surface area contributed by atoms with Crippen LogP contribution in [0.2, 0.25) is 0 Å². The van der Waals surface area contributed by atoms with Crippen molar-refractivity contribution in [1.29, 1.82) is 0 Å². The highest BCUT2D eigenvalue weighted by molar-refractivity contribution is 5.94. The van der Waals surface area contributed by atoms with Gasteiger partial charge in [0.25, 0.3) is 5.91 Å². The van der Waals surface area contributed by atoms with Gasteiger partial charge in [-0.25, -0.2) is 0 Å². The number of aryl methyl sites for hydroxylation is 1. The average molecular weight is 399 g/mol. The SMILES string of the molecule is Cc1ccc(C(=O)NCC(c2ccc(N(C)C)cc2)c2c[nH]c3ccccc23)cn1. The minimum absolute atomic E-state index is 0.0275. The second-order valence-electron chi connectivity index (χ2n) is 7.73. The van der Waals surface area contributed by atoms with Gasteiger partial charge < -0.3 is 15.2 Å². The summed E-state index contributed by atoms with van der Waals surface area (Å²) in [6.07, 6.45) is 3.67. The molecule has 0 bridgehead atoms. The van der Waals surface area contributed by atoms with Crippen molar-refractivity contribution in [3.63, 3.8) is 0 Å². The van der Waals surface area contributed by atoms with Crippen molar-refractivity contribution < 1.29 is 4.79 Å². The van der Waals surface area contributed by atoms with Gasteiger partial charge >= 0.3 is 0 Å². The molecular formula is C25H26N4O. The van der Waals surface area contributed by atoms with E-state index < -0.39 is 0 Å². The summed E-state index contributed by atoms with van der Waals surface area (Å²) in [5.74, 6) is -0.0861. The van der Waals surface area contributed by atoms with Gasteiger partial charge in [-0.15, -0.1) is 0 Å². The molecule has 152 valence electrons. The number of benzene rings is 2. The normalized spacial score (nSPS) is 12.0. The number of carbonyl (C=O) groups is 1. The van der Waals surface area contributed by atoms with E-state index in [1.807, 2.05) is 45.3 Å². The number of nitrogens with zero attached hydrogens (tertiary/aromatic N) is 2. The number of para-hydroxylation sites is 1. The molecule has 1 unspecified atom stereocenters. The summed E-state index contributed by atoms with van der Waals surface area (Å²) in [4.78, 5) is 22.4. The smallest absolute Gasteiger partial charge is 0.252 e. The van der Waals surface area contributed by atoms with Crippen molar-refractivity contribution in [2.24, 2.45) is 0 Å². The van der Waals surface area contributed by atoms with Crippen LogP contribution in [0.25, 0.3) is 10.9 Å². The minimum Gasteiger partial charge on any atom is -0.378 e. The third-order valence-corrected chi connectivity index (χ3v) is 5.45. The van der Waals surface area contributed by atoms with E-state index in [2.05, 4.69) is 62.8 Å². The van der Waals surface area contributed by atoms with Gasteiger partial charge in [0, 0.05) is 61.2 Å². The highest BCUT2D eigenvalue weighted by atomic mass is 16.1. The molecule has 0 aliphatic carbocycles. The molecule has 0 aliphatic rings. The number of aromatic nitrogens is 2. The molecule has 0 fully saturated rings. The van der Waals surface area contributed by atoms with E-state index in [0.717, 1.165) is 22.5 Å². The Hall–Kier alpha value is -3.60. The van der Waals surface area contributed by atoms with Crippen LogP contribution in [0.3, 0.4) is 0 Å². The molecule has 0 radical (unpaired) electrons. The number of anilines is 1. The summed E-state index contributed by atoms with van der Waals surface area (Å²) in [7, 11) is 4.06. The first-order valence-electron chi connectivity index (χ1n) is 10.1. The number of carbonyl (C=O) groups excluding carboxylic acids is 1. The first kappa shape index (κ1) is 19.7. The van der Waals surface area contributed by atoms with E-state index >= 15 is 0 Å². The van der Waals surface area contributed by atoms with Crippen LogP contribution in [0.1, 0.15) is 33.1 Å². The van der Waals surface area contributed by atoms with Crippen molar-refractivity contribution >= 4 is 22.5 Å². The number of hydrogen-bond donors (Lipinski definition) is 2. The lowest BCUT2D eigenvalue weighted by Crippen LogP contribution is -2.29. The second-order valence-corrected chi connectivity index (χ2v) is 7.73. The molecule has 1 amide bonds. The zero-order chi connectivity index (χ0) is 21.1. The standard InChI is InChI=1S/C25H26N4O/c1-17-8-9-19(14-26-17)25(30)28-15-22(18-10-12-20(13-11-18)29(2)3)23-16-27-24-7-5-4-6-21(23)24/h4-14,16,22,27H,15H2,1-3H3,(H,28,30). The van der Waals surface area contributed by atoms with Gasteiger partial charge in [-0.2, -0.15) is 0 Å². The molecular weight excluding hydrogens is 372 g/mol. The summed E-state index contributed by atoms with van der Waals surface area (Å²) in [5.41, 5.74) is 6.03. The number of aromatic amines is 1. The maximum atomic E-state index is 12.7. The lowest BCUT2D eigenvalue weighted by Gasteiger charge is -2.20. The average Bonchev–Trinajstić information content (AvgIpc) is 3.19. The molecule has 0 spiro atoms. The van der Waals surface area contributed by atoms with Crippen LogP contribution in [0.15, 0.2) is 73.1 Å². The van der Waals surface area contributed by atoms with E-state index in [-0.39, 0.29) is 11.8 Å². The van der Waals surface area contributed by atoms with Gasteiger partial charge in [-0.05, 0) is 48.4 Å². The Morgan fingerprint density at radius 1 is 1.07 bits per heavy atom. The molecule has 2 N–H and O–H groups in total. The largest absolute Gasteiger partial charge is 0.378 e. The number of fused-ring (bicyclic) bond motifs is 1. The van der Waals surface area contributed by atoms with Crippen molar-refractivity contribution in [3.05, 3.63) is 95.4 Å². The van der Waals surface area contributed by atoms with Gasteiger partial charge in [0.05, 0.1) is 5.56 Å². The monoisotopic (exact) mass is 398 g/mol. The van der Waals surface area contributed by atoms with Gasteiger partial charge in [-0.1, -0.05) is 30.3 Å². The molecule has 0 saturated carbocycles. The van der Waals surface area contributed by atoms with E-state index in [1.165, 1.54) is 10.9 Å². The number of pyridine rings is 1. The first-order chi connectivity index (χ1) is 14.5. The maximum Gasteiger partial charge on any atom is 0.252 e. The van der Waals surface area contributed by atoms with Crippen LogP contribution in [-0.4, -0.2) is 36.5 Å². The Balaban J connectivity index is 1.65. The molecule has 5 heteroatoms. The zero-order valence-corrected chi connectivity index (χ0v) is 17.5. The Morgan fingerprint density at radius 3 is 2.53 bits per heavy atom. The molecule has 4 rings (SSSR count). The van der Waals surface area contributed by atoms with E-state index in [1.54, 1.807) is 6.20 Å². The fourth-order valence-electron chi connectivity index (χ4n) is 3.69. The minimum atomic E-state index is -0.114. The Kier molecular flexibility index (Phi) is 5.53. The van der Waals surface area contributed by atoms with Crippen LogP contribution in [0.4, 0.5) is 5.69 Å². The van der Waals surface area contributed by atoms with Gasteiger partial charge in [0.2, 0.25) is 0 Å². The van der Waals surface area contributed by atoms with E-state index in [9.17, 15) is 4.79 Å². The molecule has 30 heavy (non-hydrogen) atoms. The van der Waals surface area contributed by atoms with E-state index in [0.29, 0.717) is 12.1 Å². The molecule has 5 nitrogen and oxygen atoms in total. The predicted octanol–water partition coefficient (Wildman–Crippen LogP) is 4.50. The predicted molar refractivity (Wildman–Crippen MR) is 122 cm³/mol. The summed E-state index contributed by atoms with van der Waals surface area (Å²) in [6.45, 7) is 2.40. The molecule has 2 aromatic carbocycles. The Bertz CT molecular complexity index is 1140. The third-order valence-electron chi connectivity index (χ3n) is 5.45. The van der Waals surface area contributed by atoms with Crippen LogP contribution in [0.5, 0.6) is 0 Å². The number of hydrogen-bond acceptors (Lipinski definition) is 3. The summed E-state index contributed by atoms with van der Waals surface area (Å²) < 4.78 is 0. The molecule has 0 aliphatic heterocycles. The van der Waals surface area contributed by atoms with Crippen molar-refractivity contribution in [1.82, 2.24) is 15.3 Å². The zero-order valence-electron chi connectivity index (χ0n) is 17.5. The number of amides is 1. The Morgan fingerprint density at radius 2 is 1.83 bits per heavy atom. The lowest BCUT2D eigenvalue weighted by atomic mass is 9.90. The van der Waals surface area contributed by atoms with Crippen molar-refractivity contribution in [2.75, 3.05) is 25.5 Å². The van der Waals surface area contributed by atoms with Crippen LogP contribution in [-0.2, 0) is 0 Å². The number of nitrogens with one attached hydrogen (secondary N) is 2. The molecule has 1 atom stereocenters. The van der Waals surface area contributed by atoms with E-state index in [4.69, 9.17) is 0 Å².